The molecule has 7 heteroatoms. The van der Waals surface area contributed by atoms with Crippen LogP contribution in [0.15, 0.2) is 23.1 Å². The molecule has 0 aliphatic rings. The van der Waals surface area contributed by atoms with Crippen molar-refractivity contribution >= 4 is 27.5 Å². The second-order valence-electron chi connectivity index (χ2n) is 3.71. The van der Waals surface area contributed by atoms with Gasteiger partial charge in [-0.05, 0) is 22.9 Å². The van der Waals surface area contributed by atoms with Crippen molar-refractivity contribution in [2.45, 2.75) is 6.92 Å². The van der Waals surface area contributed by atoms with Crippen molar-refractivity contribution < 1.29 is 9.90 Å². The first kappa shape index (κ1) is 13.0. The van der Waals surface area contributed by atoms with Gasteiger partial charge < -0.3 is 10.0 Å². The Balaban J connectivity index is 2.38. The first-order valence-electron chi connectivity index (χ1n) is 5.56. The van der Waals surface area contributed by atoms with Crippen LogP contribution in [0.2, 0.25) is 0 Å². The van der Waals surface area contributed by atoms with Crippen LogP contribution in [-0.4, -0.2) is 50.2 Å². The predicted molar refractivity (Wildman–Crippen MR) is 69.4 cm³/mol. The van der Waals surface area contributed by atoms with E-state index in [9.17, 15) is 4.79 Å². The lowest BCUT2D eigenvalue weighted by Crippen LogP contribution is -2.33. The summed E-state index contributed by atoms with van der Waals surface area (Å²) in [5, 5.41) is 13.0. The zero-order valence-electron chi connectivity index (χ0n) is 9.88. The van der Waals surface area contributed by atoms with Crippen LogP contribution in [0.25, 0.3) is 5.65 Å². The molecule has 0 aromatic carbocycles. The van der Waals surface area contributed by atoms with Gasteiger partial charge in [-0.25, -0.2) is 9.50 Å². The van der Waals surface area contributed by atoms with E-state index in [2.05, 4.69) is 26.0 Å². The normalized spacial score (nSPS) is 10.8. The van der Waals surface area contributed by atoms with Crippen LogP contribution in [0.3, 0.4) is 0 Å². The number of aromatic nitrogens is 3. The van der Waals surface area contributed by atoms with Crippen molar-refractivity contribution in [2.24, 2.45) is 0 Å². The molecule has 1 N–H and O–H groups in total. The average molecular weight is 313 g/mol. The second-order valence-corrected chi connectivity index (χ2v) is 4.62. The van der Waals surface area contributed by atoms with Gasteiger partial charge in [0.2, 0.25) is 0 Å². The fraction of sp³-hybridized carbons (Fsp3) is 0.364. The number of aliphatic hydroxyl groups excluding tert-OH is 1. The van der Waals surface area contributed by atoms with E-state index in [-0.39, 0.29) is 12.5 Å². The van der Waals surface area contributed by atoms with E-state index >= 15 is 0 Å². The number of hydrogen-bond donors (Lipinski definition) is 1. The smallest absolute Gasteiger partial charge is 0.259 e. The summed E-state index contributed by atoms with van der Waals surface area (Å²) in [6.07, 6.45) is 4.86. The minimum absolute atomic E-state index is 0.0578. The molecule has 2 heterocycles. The van der Waals surface area contributed by atoms with Crippen LogP contribution >= 0.6 is 15.9 Å². The van der Waals surface area contributed by atoms with Gasteiger partial charge in [0.15, 0.2) is 5.65 Å². The maximum atomic E-state index is 12.2. The third kappa shape index (κ3) is 2.37. The van der Waals surface area contributed by atoms with E-state index in [0.717, 1.165) is 4.47 Å². The van der Waals surface area contributed by atoms with Gasteiger partial charge in [0.1, 0.15) is 5.56 Å². The molecule has 0 spiro atoms. The molecule has 18 heavy (non-hydrogen) atoms. The lowest BCUT2D eigenvalue weighted by atomic mass is 10.3. The highest BCUT2D eigenvalue weighted by Gasteiger charge is 2.19. The Morgan fingerprint density at radius 3 is 3.00 bits per heavy atom. The van der Waals surface area contributed by atoms with Gasteiger partial charge in [-0.15, -0.1) is 0 Å². The molecule has 0 fully saturated rings. The third-order valence-electron chi connectivity index (χ3n) is 2.59. The summed E-state index contributed by atoms with van der Waals surface area (Å²) in [7, 11) is 0. The van der Waals surface area contributed by atoms with Crippen molar-refractivity contribution in [3.63, 3.8) is 0 Å². The number of halogens is 1. The van der Waals surface area contributed by atoms with Gasteiger partial charge in [-0.1, -0.05) is 0 Å². The van der Waals surface area contributed by atoms with Crippen LogP contribution in [0.5, 0.6) is 0 Å². The van der Waals surface area contributed by atoms with Gasteiger partial charge in [-0.3, -0.25) is 4.79 Å². The van der Waals surface area contributed by atoms with Crippen molar-refractivity contribution in [2.75, 3.05) is 19.7 Å². The number of carbonyl (C=O) groups is 1. The molecule has 0 aliphatic carbocycles. The lowest BCUT2D eigenvalue weighted by Gasteiger charge is -2.18. The summed E-state index contributed by atoms with van der Waals surface area (Å²) in [6.45, 7) is 2.65. The topological polar surface area (TPSA) is 70.7 Å². The zero-order chi connectivity index (χ0) is 13.1. The van der Waals surface area contributed by atoms with Gasteiger partial charge in [0.05, 0.1) is 17.3 Å². The Bertz CT molecular complexity index is 569. The Labute approximate surface area is 112 Å². The largest absolute Gasteiger partial charge is 0.395 e. The summed E-state index contributed by atoms with van der Waals surface area (Å²) in [6, 6.07) is 0. The SMILES string of the molecule is CCN(CCO)C(=O)c1cnn2cc(Br)cnc12. The quantitative estimate of drug-likeness (QED) is 0.912. The predicted octanol–water partition coefficient (Wildman–Crippen LogP) is 0.946. The number of aliphatic hydroxyl groups is 1. The Morgan fingerprint density at radius 1 is 1.56 bits per heavy atom. The summed E-state index contributed by atoms with van der Waals surface area (Å²) in [5.41, 5.74) is 0.956. The molecular weight excluding hydrogens is 300 g/mol. The highest BCUT2D eigenvalue weighted by molar-refractivity contribution is 9.10. The van der Waals surface area contributed by atoms with E-state index in [1.807, 2.05) is 6.92 Å². The number of rotatable bonds is 4. The Hall–Kier alpha value is -1.47. The Morgan fingerprint density at radius 2 is 2.33 bits per heavy atom. The molecule has 0 saturated carbocycles. The fourth-order valence-corrected chi connectivity index (χ4v) is 1.99. The molecule has 2 aromatic rings. The van der Waals surface area contributed by atoms with Gasteiger partial charge in [0.25, 0.3) is 5.91 Å². The van der Waals surface area contributed by atoms with Gasteiger partial charge in [0, 0.05) is 25.5 Å². The number of fused-ring (bicyclic) bond motifs is 1. The third-order valence-corrected chi connectivity index (χ3v) is 3.00. The zero-order valence-corrected chi connectivity index (χ0v) is 11.5. The van der Waals surface area contributed by atoms with Crippen LogP contribution in [0, 0.1) is 0 Å². The minimum atomic E-state index is -0.170. The van der Waals surface area contributed by atoms with Gasteiger partial charge >= 0.3 is 0 Å². The van der Waals surface area contributed by atoms with Crippen molar-refractivity contribution in [3.05, 3.63) is 28.6 Å². The molecule has 1 amide bonds. The molecule has 96 valence electrons. The fourth-order valence-electron chi connectivity index (χ4n) is 1.70. The highest BCUT2D eigenvalue weighted by Crippen LogP contribution is 2.14. The van der Waals surface area contributed by atoms with Crippen LogP contribution in [-0.2, 0) is 0 Å². The standard InChI is InChI=1S/C11H13BrN4O2/c1-2-15(3-4-17)11(18)9-6-14-16-7-8(12)5-13-10(9)16/h5-7,17H,2-4H2,1H3. The molecule has 2 rings (SSSR count). The van der Waals surface area contributed by atoms with Crippen molar-refractivity contribution in [3.8, 4) is 0 Å². The van der Waals surface area contributed by atoms with E-state index < -0.39 is 0 Å². The number of hydrogen-bond acceptors (Lipinski definition) is 4. The maximum absolute atomic E-state index is 12.2. The van der Waals surface area contributed by atoms with E-state index in [0.29, 0.717) is 24.3 Å². The highest BCUT2D eigenvalue weighted by atomic mass is 79.9. The summed E-state index contributed by atoms with van der Waals surface area (Å²) in [5.74, 6) is -0.170. The summed E-state index contributed by atoms with van der Waals surface area (Å²) in [4.78, 5) is 18.0. The van der Waals surface area contributed by atoms with Crippen LogP contribution in [0.1, 0.15) is 17.3 Å². The lowest BCUT2D eigenvalue weighted by molar-refractivity contribution is 0.0733. The minimum Gasteiger partial charge on any atom is -0.395 e. The van der Waals surface area contributed by atoms with Crippen LogP contribution < -0.4 is 0 Å². The second kappa shape index (κ2) is 5.45. The molecule has 6 nitrogen and oxygen atoms in total. The molecule has 0 radical (unpaired) electrons. The first-order valence-corrected chi connectivity index (χ1v) is 6.35. The van der Waals surface area contributed by atoms with Crippen LogP contribution in [0.4, 0.5) is 0 Å². The number of likely N-dealkylation sites (N-methyl/N-ethyl adjacent to an activating group) is 1. The monoisotopic (exact) mass is 312 g/mol. The average Bonchev–Trinajstić information content (AvgIpc) is 2.77. The molecule has 0 saturated heterocycles. The number of carbonyl (C=O) groups excluding carboxylic acids is 1. The molecule has 0 unspecified atom stereocenters. The summed E-state index contributed by atoms with van der Waals surface area (Å²) < 4.78 is 2.34. The molecule has 2 aromatic heterocycles. The molecule has 0 atom stereocenters. The number of nitrogens with zero attached hydrogens (tertiary/aromatic N) is 4. The number of amides is 1. The first-order chi connectivity index (χ1) is 8.67. The molecule has 0 bridgehead atoms. The summed E-state index contributed by atoms with van der Waals surface area (Å²) >= 11 is 3.29. The molecular formula is C11H13BrN4O2. The Kier molecular flexibility index (Phi) is 3.93. The van der Waals surface area contributed by atoms with Gasteiger partial charge in [-0.2, -0.15) is 5.10 Å². The van der Waals surface area contributed by atoms with Crippen molar-refractivity contribution in [1.82, 2.24) is 19.5 Å². The molecule has 0 aliphatic heterocycles. The van der Waals surface area contributed by atoms with E-state index in [4.69, 9.17) is 5.11 Å². The van der Waals surface area contributed by atoms with E-state index in [1.54, 1.807) is 21.8 Å². The maximum Gasteiger partial charge on any atom is 0.259 e. The van der Waals surface area contributed by atoms with Crippen molar-refractivity contribution in [1.29, 1.82) is 0 Å². The van der Waals surface area contributed by atoms with E-state index in [1.165, 1.54) is 6.20 Å².